The highest BCUT2D eigenvalue weighted by Gasteiger charge is 2.45. The Labute approximate surface area is 256 Å². The van der Waals surface area contributed by atoms with Crippen LogP contribution in [0.15, 0.2) is 60.0 Å². The maximum atomic E-state index is 14.2. The van der Waals surface area contributed by atoms with E-state index in [2.05, 4.69) is 27.5 Å². The van der Waals surface area contributed by atoms with Crippen LogP contribution in [0.2, 0.25) is 0 Å². The van der Waals surface area contributed by atoms with Crippen LogP contribution in [0.1, 0.15) is 49.4 Å². The summed E-state index contributed by atoms with van der Waals surface area (Å²) in [6.45, 7) is 12.3. The van der Waals surface area contributed by atoms with Gasteiger partial charge in [-0.05, 0) is 61.6 Å². The zero-order valence-electron chi connectivity index (χ0n) is 25.5. The van der Waals surface area contributed by atoms with Crippen molar-refractivity contribution in [1.82, 2.24) is 24.4 Å². The molecule has 0 bridgehead atoms. The largest absolute Gasteiger partial charge is 0.496 e. The number of nitriles is 1. The van der Waals surface area contributed by atoms with Gasteiger partial charge < -0.3 is 14.5 Å². The first-order chi connectivity index (χ1) is 21.2. The number of aromatic nitrogens is 4. The van der Waals surface area contributed by atoms with Crippen molar-refractivity contribution in [1.29, 1.82) is 5.26 Å². The van der Waals surface area contributed by atoms with Gasteiger partial charge in [0.05, 0.1) is 35.1 Å². The molecule has 1 atom stereocenters. The van der Waals surface area contributed by atoms with E-state index in [1.807, 2.05) is 56.0 Å². The number of carbonyl (C=O) groups is 1. The number of benzene rings is 1. The summed E-state index contributed by atoms with van der Waals surface area (Å²) in [5, 5.41) is 10.9. The van der Waals surface area contributed by atoms with Crippen molar-refractivity contribution in [3.63, 3.8) is 0 Å². The number of likely N-dealkylation sites (tertiary alicyclic amines) is 1. The average Bonchev–Trinajstić information content (AvgIpc) is 3.66. The Hall–Kier alpha value is -5.04. The first kappa shape index (κ1) is 29.1. The first-order valence-electron chi connectivity index (χ1n) is 14.8. The van der Waals surface area contributed by atoms with Crippen molar-refractivity contribution in [3.8, 4) is 28.8 Å². The maximum Gasteiger partial charge on any atom is 0.355 e. The molecule has 0 aliphatic carbocycles. The zero-order valence-corrected chi connectivity index (χ0v) is 25.5. The average molecular weight is 590 g/mol. The molecular weight excluding hydrogens is 554 g/mol. The Morgan fingerprint density at radius 1 is 1.16 bits per heavy atom. The smallest absolute Gasteiger partial charge is 0.355 e. The van der Waals surface area contributed by atoms with Crippen LogP contribution in [0.3, 0.4) is 0 Å². The summed E-state index contributed by atoms with van der Waals surface area (Å²) >= 11 is 0. The van der Waals surface area contributed by atoms with Crippen molar-refractivity contribution in [2.75, 3.05) is 38.2 Å². The second-order valence-corrected chi connectivity index (χ2v) is 12.0. The predicted octanol–water partition coefficient (Wildman–Crippen LogP) is 4.77. The summed E-state index contributed by atoms with van der Waals surface area (Å²) < 4.78 is 7.17. The van der Waals surface area contributed by atoms with E-state index < -0.39 is 5.69 Å². The number of hydrogen-bond acceptors (Lipinski definition) is 8. The van der Waals surface area contributed by atoms with Gasteiger partial charge in [-0.3, -0.25) is 9.78 Å². The highest BCUT2D eigenvalue weighted by molar-refractivity contribution is 5.93. The Kier molecular flexibility index (Phi) is 7.41. The second kappa shape index (κ2) is 11.2. The molecule has 0 N–H and O–H groups in total. The van der Waals surface area contributed by atoms with Crippen LogP contribution in [0.4, 0.5) is 5.82 Å². The van der Waals surface area contributed by atoms with Crippen LogP contribution in [-0.2, 0) is 4.79 Å². The minimum Gasteiger partial charge on any atom is -0.496 e. The van der Waals surface area contributed by atoms with Gasteiger partial charge in [-0.25, -0.2) is 14.3 Å². The number of nitrogens with zero attached hydrogens (tertiary/aromatic N) is 7. The summed E-state index contributed by atoms with van der Waals surface area (Å²) in [6, 6.07) is 13.4. The zero-order chi connectivity index (χ0) is 31.2. The highest BCUT2D eigenvalue weighted by atomic mass is 16.5. The van der Waals surface area contributed by atoms with Crippen LogP contribution in [-0.4, -0.2) is 63.6 Å². The number of fused-ring (bicyclic) bond motifs is 1. The van der Waals surface area contributed by atoms with E-state index >= 15 is 0 Å². The number of ether oxygens (including phenoxy) is 1. The van der Waals surface area contributed by atoms with E-state index in [0.29, 0.717) is 71.3 Å². The molecule has 0 radical (unpaired) electrons. The molecule has 224 valence electrons. The van der Waals surface area contributed by atoms with E-state index in [1.165, 1.54) is 6.08 Å². The van der Waals surface area contributed by atoms with Crippen LogP contribution < -0.4 is 15.3 Å². The number of aryl methyl sites for hydroxylation is 1. The van der Waals surface area contributed by atoms with E-state index in [4.69, 9.17) is 9.72 Å². The summed E-state index contributed by atoms with van der Waals surface area (Å²) in [6.07, 6.45) is 4.83. The van der Waals surface area contributed by atoms with E-state index in [0.717, 1.165) is 24.1 Å². The lowest BCUT2D eigenvalue weighted by atomic mass is 9.86. The quantitative estimate of drug-likeness (QED) is 0.295. The fourth-order valence-corrected chi connectivity index (χ4v) is 6.69. The van der Waals surface area contributed by atoms with E-state index in [9.17, 15) is 14.9 Å². The number of rotatable bonds is 6. The Morgan fingerprint density at radius 2 is 1.93 bits per heavy atom. The predicted molar refractivity (Wildman–Crippen MR) is 169 cm³/mol. The summed E-state index contributed by atoms with van der Waals surface area (Å²) in [7, 11) is 1.58. The summed E-state index contributed by atoms with van der Waals surface area (Å²) in [4.78, 5) is 44.9. The van der Waals surface area contributed by atoms with Gasteiger partial charge in [0, 0.05) is 43.4 Å². The molecule has 3 aromatic heterocycles. The van der Waals surface area contributed by atoms with Gasteiger partial charge in [0.1, 0.15) is 17.6 Å². The number of anilines is 1. The lowest BCUT2D eigenvalue weighted by Gasteiger charge is -2.26. The minimum absolute atomic E-state index is 0.0284. The lowest BCUT2D eigenvalue weighted by Crippen LogP contribution is -2.34. The number of carbonyl (C=O) groups excluding carboxylic acids is 1. The third-order valence-corrected chi connectivity index (χ3v) is 8.92. The third-order valence-electron chi connectivity index (χ3n) is 8.92. The fraction of sp³-hybridized carbons (Fsp3) is 0.353. The Bertz CT molecular complexity index is 1910. The molecule has 1 aromatic carbocycles. The molecule has 2 aliphatic heterocycles. The number of pyridine rings is 2. The van der Waals surface area contributed by atoms with Crippen molar-refractivity contribution in [2.24, 2.45) is 5.41 Å². The summed E-state index contributed by atoms with van der Waals surface area (Å²) in [5.74, 6) is 1.03. The van der Waals surface area contributed by atoms with Gasteiger partial charge >= 0.3 is 5.69 Å². The maximum absolute atomic E-state index is 14.2. The molecule has 1 amide bonds. The molecule has 10 heteroatoms. The topological polar surface area (TPSA) is 117 Å². The number of para-hydroxylation sites is 1. The molecular formula is C34H35N7O3. The molecule has 6 rings (SSSR count). The monoisotopic (exact) mass is 589 g/mol. The molecule has 2 saturated heterocycles. The van der Waals surface area contributed by atoms with Crippen LogP contribution in [0.25, 0.3) is 28.0 Å². The summed E-state index contributed by atoms with van der Waals surface area (Å²) in [5.41, 5.74) is 3.51. The normalized spacial score (nSPS) is 17.9. The van der Waals surface area contributed by atoms with E-state index in [-0.39, 0.29) is 17.2 Å². The van der Waals surface area contributed by atoms with Gasteiger partial charge in [0.25, 0.3) is 0 Å². The second-order valence-electron chi connectivity index (χ2n) is 12.0. The molecule has 44 heavy (non-hydrogen) atoms. The van der Waals surface area contributed by atoms with Gasteiger partial charge in [-0.15, -0.1) is 0 Å². The van der Waals surface area contributed by atoms with Crippen molar-refractivity contribution >= 4 is 22.8 Å². The van der Waals surface area contributed by atoms with Gasteiger partial charge in [0.2, 0.25) is 5.91 Å². The van der Waals surface area contributed by atoms with Crippen molar-refractivity contribution < 1.29 is 9.53 Å². The molecule has 1 unspecified atom stereocenters. The lowest BCUT2D eigenvalue weighted by molar-refractivity contribution is -0.125. The molecule has 5 heterocycles. The minimum atomic E-state index is -0.468. The molecule has 0 saturated carbocycles. The Morgan fingerprint density at radius 3 is 2.66 bits per heavy atom. The van der Waals surface area contributed by atoms with Gasteiger partial charge in [-0.1, -0.05) is 32.6 Å². The standard InChI is InChI=1S/C34H35N7O3/c1-6-27(42)39-15-12-34(19-39)13-16-40(20-34)31-25-17-23(18-35)29(24-9-7-8-10-26(24)44-5)37-32(25)41(33(43)38-31)30-22(4)11-14-36-28(30)21(2)3/h6-11,14,17,21H,1,12-13,15-16,19-20H2,2-5H3. The van der Waals surface area contributed by atoms with Gasteiger partial charge in [-0.2, -0.15) is 10.2 Å². The van der Waals surface area contributed by atoms with Crippen molar-refractivity contribution in [2.45, 2.75) is 39.5 Å². The number of methoxy groups -OCH3 is 1. The van der Waals surface area contributed by atoms with Crippen molar-refractivity contribution in [3.05, 3.63) is 82.6 Å². The van der Waals surface area contributed by atoms with E-state index in [1.54, 1.807) is 23.9 Å². The van der Waals surface area contributed by atoms with Crippen LogP contribution in [0.5, 0.6) is 5.75 Å². The Balaban J connectivity index is 1.60. The fourth-order valence-electron chi connectivity index (χ4n) is 6.69. The third kappa shape index (κ3) is 4.78. The van der Waals surface area contributed by atoms with Gasteiger partial charge in [0.15, 0.2) is 5.65 Å². The highest BCUT2D eigenvalue weighted by Crippen LogP contribution is 2.43. The molecule has 1 spiro atoms. The number of amides is 1. The molecule has 2 fully saturated rings. The number of hydrogen-bond donors (Lipinski definition) is 0. The molecule has 10 nitrogen and oxygen atoms in total. The molecule has 4 aromatic rings. The first-order valence-corrected chi connectivity index (χ1v) is 14.8. The SMILES string of the molecule is C=CC(=O)N1CCC2(CCN(c3nc(=O)n(-c4c(C)ccnc4C(C)C)c4nc(-c5ccccc5OC)c(C#N)cc34)C2)C1. The van der Waals surface area contributed by atoms with Crippen LogP contribution in [0, 0.1) is 23.7 Å². The molecule has 2 aliphatic rings. The van der Waals surface area contributed by atoms with Crippen LogP contribution >= 0.6 is 0 Å².